The van der Waals surface area contributed by atoms with Crippen LogP contribution in [0.1, 0.15) is 28.6 Å². The lowest BCUT2D eigenvalue weighted by Crippen LogP contribution is -2.50. The number of carbonyl (C=O) groups is 2. The zero-order valence-corrected chi connectivity index (χ0v) is 13.9. The molecule has 0 bridgehead atoms. The maximum atomic E-state index is 12.9. The van der Waals surface area contributed by atoms with Crippen molar-refractivity contribution in [1.82, 2.24) is 20.0 Å². The maximum absolute atomic E-state index is 12.9. The summed E-state index contributed by atoms with van der Waals surface area (Å²) in [6.45, 7) is 3.59. The van der Waals surface area contributed by atoms with Crippen LogP contribution in [0.3, 0.4) is 0 Å². The van der Waals surface area contributed by atoms with Crippen LogP contribution in [-0.4, -0.2) is 58.0 Å². The fourth-order valence-corrected chi connectivity index (χ4v) is 2.74. The molecular formula is C17H19FN4O3. The molecule has 1 aromatic carbocycles. The molecule has 1 aliphatic heterocycles. The van der Waals surface area contributed by atoms with Crippen LogP contribution in [0.5, 0.6) is 0 Å². The highest BCUT2D eigenvalue weighted by Crippen LogP contribution is 2.11. The minimum atomic E-state index is -0.372. The van der Waals surface area contributed by atoms with Crippen LogP contribution >= 0.6 is 0 Å². The third-order valence-electron chi connectivity index (χ3n) is 4.13. The lowest BCUT2D eigenvalue weighted by molar-refractivity contribution is -0.132. The molecule has 1 saturated heterocycles. The van der Waals surface area contributed by atoms with Gasteiger partial charge < -0.3 is 14.2 Å². The SMILES string of the molecule is Cc1nnc(CCC(=O)N2CCN(C(=O)c3ccc(F)cc3)CC2)o1. The van der Waals surface area contributed by atoms with Crippen LogP contribution in [0, 0.1) is 12.7 Å². The summed E-state index contributed by atoms with van der Waals surface area (Å²) < 4.78 is 18.2. The van der Waals surface area contributed by atoms with Gasteiger partial charge in [-0.05, 0) is 24.3 Å². The van der Waals surface area contributed by atoms with E-state index in [9.17, 15) is 14.0 Å². The number of carbonyl (C=O) groups excluding carboxylic acids is 2. The molecule has 0 unspecified atom stereocenters. The summed E-state index contributed by atoms with van der Waals surface area (Å²) in [7, 11) is 0. The van der Waals surface area contributed by atoms with Crippen molar-refractivity contribution in [3.63, 3.8) is 0 Å². The second kappa shape index (κ2) is 7.42. The first kappa shape index (κ1) is 17.1. The smallest absolute Gasteiger partial charge is 0.253 e. The van der Waals surface area contributed by atoms with Gasteiger partial charge in [-0.25, -0.2) is 4.39 Å². The molecule has 3 rings (SSSR count). The number of piperazine rings is 1. The second-order valence-corrected chi connectivity index (χ2v) is 5.89. The van der Waals surface area contributed by atoms with Gasteiger partial charge in [-0.15, -0.1) is 10.2 Å². The van der Waals surface area contributed by atoms with Gasteiger partial charge in [0.2, 0.25) is 17.7 Å². The molecule has 0 aliphatic carbocycles. The molecule has 0 atom stereocenters. The molecule has 2 aromatic rings. The van der Waals surface area contributed by atoms with Crippen molar-refractivity contribution >= 4 is 11.8 Å². The summed E-state index contributed by atoms with van der Waals surface area (Å²) in [5.41, 5.74) is 0.452. The zero-order chi connectivity index (χ0) is 17.8. The Kier molecular flexibility index (Phi) is 5.06. The average Bonchev–Trinajstić information content (AvgIpc) is 3.05. The molecular weight excluding hydrogens is 327 g/mol. The Morgan fingerprint density at radius 2 is 1.72 bits per heavy atom. The van der Waals surface area contributed by atoms with Gasteiger partial charge in [0, 0.05) is 51.5 Å². The number of aromatic nitrogens is 2. The number of hydrogen-bond donors (Lipinski definition) is 0. The fourth-order valence-electron chi connectivity index (χ4n) is 2.74. The van der Waals surface area contributed by atoms with E-state index in [1.807, 2.05) is 0 Å². The van der Waals surface area contributed by atoms with Crippen molar-refractivity contribution in [3.8, 4) is 0 Å². The predicted octanol–water partition coefficient (Wildman–Crippen LogP) is 1.43. The Morgan fingerprint density at radius 1 is 1.08 bits per heavy atom. The van der Waals surface area contributed by atoms with Crippen LogP contribution < -0.4 is 0 Å². The van der Waals surface area contributed by atoms with Gasteiger partial charge in [-0.2, -0.15) is 0 Å². The maximum Gasteiger partial charge on any atom is 0.253 e. The molecule has 1 fully saturated rings. The van der Waals surface area contributed by atoms with Crippen LogP contribution in [0.2, 0.25) is 0 Å². The third kappa shape index (κ3) is 4.20. The Labute approximate surface area is 144 Å². The van der Waals surface area contributed by atoms with Crippen molar-refractivity contribution in [2.75, 3.05) is 26.2 Å². The first-order chi connectivity index (χ1) is 12.0. The summed E-state index contributed by atoms with van der Waals surface area (Å²) in [4.78, 5) is 28.0. The van der Waals surface area contributed by atoms with Gasteiger partial charge in [0.1, 0.15) is 5.82 Å². The lowest BCUT2D eigenvalue weighted by atomic mass is 10.1. The van der Waals surface area contributed by atoms with Gasteiger partial charge in [0.25, 0.3) is 5.91 Å². The van der Waals surface area contributed by atoms with E-state index in [1.54, 1.807) is 16.7 Å². The molecule has 2 heterocycles. The van der Waals surface area contributed by atoms with E-state index in [1.165, 1.54) is 24.3 Å². The minimum Gasteiger partial charge on any atom is -0.426 e. The lowest BCUT2D eigenvalue weighted by Gasteiger charge is -2.34. The number of aryl methyl sites for hydroxylation is 2. The number of hydrogen-bond acceptors (Lipinski definition) is 5. The first-order valence-corrected chi connectivity index (χ1v) is 8.14. The molecule has 1 aromatic heterocycles. The Morgan fingerprint density at radius 3 is 2.32 bits per heavy atom. The third-order valence-corrected chi connectivity index (χ3v) is 4.13. The zero-order valence-electron chi connectivity index (χ0n) is 13.9. The van der Waals surface area contributed by atoms with Crippen molar-refractivity contribution in [2.45, 2.75) is 19.8 Å². The Bertz CT molecular complexity index is 752. The van der Waals surface area contributed by atoms with Crippen LogP contribution in [0.25, 0.3) is 0 Å². The quantitative estimate of drug-likeness (QED) is 0.837. The van der Waals surface area contributed by atoms with Crippen LogP contribution in [0.4, 0.5) is 4.39 Å². The normalized spacial score (nSPS) is 14.6. The standard InChI is InChI=1S/C17H19FN4O3/c1-12-19-20-15(25-12)6-7-16(23)21-8-10-22(11-9-21)17(24)13-2-4-14(18)5-3-13/h2-5H,6-11H2,1H3. The summed E-state index contributed by atoms with van der Waals surface area (Å²) in [6.07, 6.45) is 0.710. The second-order valence-electron chi connectivity index (χ2n) is 5.89. The fraction of sp³-hybridized carbons (Fsp3) is 0.412. The molecule has 25 heavy (non-hydrogen) atoms. The molecule has 132 valence electrons. The minimum absolute atomic E-state index is 0.00438. The summed E-state index contributed by atoms with van der Waals surface area (Å²) in [6, 6.07) is 5.49. The molecule has 7 nitrogen and oxygen atoms in total. The molecule has 0 saturated carbocycles. The topological polar surface area (TPSA) is 79.5 Å². The van der Waals surface area contributed by atoms with E-state index >= 15 is 0 Å². The first-order valence-electron chi connectivity index (χ1n) is 8.14. The van der Waals surface area contributed by atoms with E-state index in [-0.39, 0.29) is 17.6 Å². The van der Waals surface area contributed by atoms with E-state index in [4.69, 9.17) is 4.42 Å². The van der Waals surface area contributed by atoms with Gasteiger partial charge in [0.05, 0.1) is 0 Å². The van der Waals surface area contributed by atoms with Gasteiger partial charge in [0.15, 0.2) is 0 Å². The monoisotopic (exact) mass is 346 g/mol. The predicted molar refractivity (Wildman–Crippen MR) is 86.2 cm³/mol. The molecule has 0 radical (unpaired) electrons. The van der Waals surface area contributed by atoms with Crippen molar-refractivity contribution in [1.29, 1.82) is 0 Å². The number of rotatable bonds is 4. The van der Waals surface area contributed by atoms with Crippen LogP contribution in [-0.2, 0) is 11.2 Å². The number of halogens is 1. The average molecular weight is 346 g/mol. The van der Waals surface area contributed by atoms with E-state index in [2.05, 4.69) is 10.2 Å². The Hall–Kier alpha value is -2.77. The van der Waals surface area contributed by atoms with E-state index < -0.39 is 0 Å². The van der Waals surface area contributed by atoms with Crippen molar-refractivity contribution in [3.05, 3.63) is 47.4 Å². The molecule has 8 heteroatoms. The summed E-state index contributed by atoms with van der Waals surface area (Å²) in [5, 5.41) is 7.60. The molecule has 0 N–H and O–H groups in total. The molecule has 1 aliphatic rings. The van der Waals surface area contributed by atoms with E-state index in [0.29, 0.717) is 56.4 Å². The van der Waals surface area contributed by atoms with Crippen molar-refractivity contribution < 1.29 is 18.4 Å². The highest BCUT2D eigenvalue weighted by molar-refractivity contribution is 5.94. The molecule has 2 amide bonds. The van der Waals surface area contributed by atoms with Gasteiger partial charge >= 0.3 is 0 Å². The highest BCUT2D eigenvalue weighted by Gasteiger charge is 2.25. The van der Waals surface area contributed by atoms with E-state index in [0.717, 1.165) is 0 Å². The molecule has 0 spiro atoms. The van der Waals surface area contributed by atoms with Gasteiger partial charge in [-0.1, -0.05) is 0 Å². The van der Waals surface area contributed by atoms with Gasteiger partial charge in [-0.3, -0.25) is 9.59 Å². The van der Waals surface area contributed by atoms with Crippen molar-refractivity contribution in [2.24, 2.45) is 0 Å². The largest absolute Gasteiger partial charge is 0.426 e. The number of benzene rings is 1. The summed E-state index contributed by atoms with van der Waals surface area (Å²) >= 11 is 0. The summed E-state index contributed by atoms with van der Waals surface area (Å²) in [5.74, 6) is 0.424. The highest BCUT2D eigenvalue weighted by atomic mass is 19.1. The number of nitrogens with zero attached hydrogens (tertiary/aromatic N) is 4. The van der Waals surface area contributed by atoms with Crippen LogP contribution in [0.15, 0.2) is 28.7 Å². The number of amides is 2. The Balaban J connectivity index is 1.48.